The zero-order chi connectivity index (χ0) is 13.9. The molecule has 0 radical (unpaired) electrons. The highest BCUT2D eigenvalue weighted by atomic mass is 15.1. The van der Waals surface area contributed by atoms with E-state index < -0.39 is 0 Å². The van der Waals surface area contributed by atoms with Crippen molar-refractivity contribution in [2.45, 2.75) is 32.9 Å². The molecule has 2 nitrogen and oxygen atoms in total. The van der Waals surface area contributed by atoms with Gasteiger partial charge in [-0.2, -0.15) is 0 Å². The molecule has 0 saturated carbocycles. The Bertz CT molecular complexity index is 587. The summed E-state index contributed by atoms with van der Waals surface area (Å²) in [7, 11) is 0. The molecule has 0 saturated heterocycles. The van der Waals surface area contributed by atoms with Gasteiger partial charge < -0.3 is 5.73 Å². The molecule has 20 heavy (non-hydrogen) atoms. The minimum absolute atomic E-state index is 0.839. The molecule has 1 aliphatic rings. The minimum Gasteiger partial charge on any atom is -0.399 e. The van der Waals surface area contributed by atoms with E-state index in [4.69, 9.17) is 5.73 Å². The molecule has 0 bridgehead atoms. The lowest BCUT2D eigenvalue weighted by Crippen LogP contribution is -2.22. The number of fused-ring (bicyclic) bond motifs is 1. The highest BCUT2D eigenvalue weighted by Crippen LogP contribution is 2.21. The van der Waals surface area contributed by atoms with Crippen molar-refractivity contribution in [3.63, 3.8) is 0 Å². The molecule has 0 fully saturated rings. The van der Waals surface area contributed by atoms with Crippen LogP contribution in [0.5, 0.6) is 0 Å². The van der Waals surface area contributed by atoms with Crippen LogP contribution in [0.15, 0.2) is 42.5 Å². The van der Waals surface area contributed by atoms with Gasteiger partial charge >= 0.3 is 0 Å². The minimum atomic E-state index is 0.839. The fraction of sp³-hybridized carbons (Fsp3) is 0.333. The molecule has 1 aliphatic heterocycles. The summed E-state index contributed by atoms with van der Waals surface area (Å²) < 4.78 is 0. The second-order valence-corrected chi connectivity index (χ2v) is 5.83. The van der Waals surface area contributed by atoms with Crippen LogP contribution in [0, 0.1) is 6.92 Å². The number of anilines is 1. The Hall–Kier alpha value is -1.80. The molecule has 0 spiro atoms. The predicted molar refractivity (Wildman–Crippen MR) is 84.5 cm³/mol. The van der Waals surface area contributed by atoms with Gasteiger partial charge in [-0.25, -0.2) is 0 Å². The van der Waals surface area contributed by atoms with E-state index in [0.717, 1.165) is 25.3 Å². The maximum atomic E-state index is 5.75. The summed E-state index contributed by atoms with van der Waals surface area (Å²) in [5, 5.41) is 0. The molecule has 0 atom stereocenters. The summed E-state index contributed by atoms with van der Waals surface area (Å²) >= 11 is 0. The van der Waals surface area contributed by atoms with E-state index in [-0.39, 0.29) is 0 Å². The van der Waals surface area contributed by atoms with Crippen LogP contribution < -0.4 is 5.73 Å². The maximum Gasteiger partial charge on any atom is 0.0314 e. The summed E-state index contributed by atoms with van der Waals surface area (Å²) in [6.45, 7) is 5.41. The van der Waals surface area contributed by atoms with E-state index >= 15 is 0 Å². The Labute approximate surface area is 121 Å². The number of nitrogens with zero attached hydrogens (tertiary/aromatic N) is 1. The smallest absolute Gasteiger partial charge is 0.0314 e. The van der Waals surface area contributed by atoms with Crippen LogP contribution in [0.1, 0.15) is 28.7 Å². The Morgan fingerprint density at radius 1 is 1.05 bits per heavy atom. The summed E-state index contributed by atoms with van der Waals surface area (Å²) in [5.41, 5.74) is 12.3. The first-order valence-corrected chi connectivity index (χ1v) is 7.36. The molecule has 2 heteroatoms. The third kappa shape index (κ3) is 3.02. The Morgan fingerprint density at radius 2 is 1.85 bits per heavy atom. The fourth-order valence-corrected chi connectivity index (χ4v) is 2.98. The van der Waals surface area contributed by atoms with Crippen LogP contribution in [0.25, 0.3) is 0 Å². The SMILES string of the molecule is Cc1ccc2c(c1)CN(Cc1ccc(N)cc1)CCC2. The highest BCUT2D eigenvalue weighted by Gasteiger charge is 2.14. The zero-order valence-corrected chi connectivity index (χ0v) is 12.1. The molecule has 0 amide bonds. The van der Waals surface area contributed by atoms with Crippen LogP contribution in [0.4, 0.5) is 5.69 Å². The van der Waals surface area contributed by atoms with Crippen molar-refractivity contribution in [3.8, 4) is 0 Å². The van der Waals surface area contributed by atoms with Crippen molar-refractivity contribution in [2.75, 3.05) is 12.3 Å². The van der Waals surface area contributed by atoms with Gasteiger partial charge in [-0.3, -0.25) is 4.90 Å². The van der Waals surface area contributed by atoms with E-state index in [2.05, 4.69) is 42.2 Å². The standard InChI is InChI=1S/C18H22N2/c1-14-4-7-16-3-2-10-20(13-17(16)11-14)12-15-5-8-18(19)9-6-15/h4-9,11H,2-3,10,12-13,19H2,1H3. The summed E-state index contributed by atoms with van der Waals surface area (Å²) in [6.07, 6.45) is 2.44. The molecule has 2 aromatic carbocycles. The van der Waals surface area contributed by atoms with Crippen molar-refractivity contribution in [3.05, 3.63) is 64.7 Å². The van der Waals surface area contributed by atoms with Crippen LogP contribution in [0.3, 0.4) is 0 Å². The van der Waals surface area contributed by atoms with Crippen LogP contribution >= 0.6 is 0 Å². The van der Waals surface area contributed by atoms with Gasteiger partial charge in [-0.1, -0.05) is 35.9 Å². The zero-order valence-electron chi connectivity index (χ0n) is 12.1. The first kappa shape index (κ1) is 13.2. The van der Waals surface area contributed by atoms with Crippen molar-refractivity contribution in [2.24, 2.45) is 0 Å². The molecular weight excluding hydrogens is 244 g/mol. The van der Waals surface area contributed by atoms with Crippen molar-refractivity contribution >= 4 is 5.69 Å². The van der Waals surface area contributed by atoms with Crippen LogP contribution in [-0.4, -0.2) is 11.4 Å². The van der Waals surface area contributed by atoms with Crippen LogP contribution in [0.2, 0.25) is 0 Å². The average molecular weight is 266 g/mol. The van der Waals surface area contributed by atoms with Gasteiger partial charge in [0.25, 0.3) is 0 Å². The number of aryl methyl sites for hydroxylation is 2. The highest BCUT2D eigenvalue weighted by molar-refractivity contribution is 5.39. The molecule has 0 aromatic heterocycles. The number of benzene rings is 2. The van der Waals surface area contributed by atoms with E-state index in [1.807, 2.05) is 12.1 Å². The second-order valence-electron chi connectivity index (χ2n) is 5.83. The van der Waals surface area contributed by atoms with E-state index in [9.17, 15) is 0 Å². The molecule has 2 N–H and O–H groups in total. The number of rotatable bonds is 2. The summed E-state index contributed by atoms with van der Waals surface area (Å²) in [5.74, 6) is 0. The maximum absolute atomic E-state index is 5.75. The number of hydrogen-bond acceptors (Lipinski definition) is 2. The molecule has 0 unspecified atom stereocenters. The molecular formula is C18H22N2. The van der Waals surface area contributed by atoms with Gasteiger partial charge in [-0.05, 0) is 55.1 Å². The lowest BCUT2D eigenvalue weighted by atomic mass is 10.0. The fourth-order valence-electron chi connectivity index (χ4n) is 2.98. The van der Waals surface area contributed by atoms with E-state index in [0.29, 0.717) is 0 Å². The number of nitrogens with two attached hydrogens (primary N) is 1. The first-order chi connectivity index (χ1) is 9.70. The molecule has 1 heterocycles. The lowest BCUT2D eigenvalue weighted by molar-refractivity contribution is 0.261. The van der Waals surface area contributed by atoms with E-state index in [1.54, 1.807) is 0 Å². The first-order valence-electron chi connectivity index (χ1n) is 7.36. The second kappa shape index (κ2) is 5.68. The monoisotopic (exact) mass is 266 g/mol. The molecule has 104 valence electrons. The summed E-state index contributed by atoms with van der Waals surface area (Å²) in [6, 6.07) is 15.1. The van der Waals surface area contributed by atoms with Crippen molar-refractivity contribution < 1.29 is 0 Å². The van der Waals surface area contributed by atoms with Gasteiger partial charge in [0.2, 0.25) is 0 Å². The normalized spacial score (nSPS) is 15.7. The third-order valence-electron chi connectivity index (χ3n) is 4.06. The Balaban J connectivity index is 1.76. The summed E-state index contributed by atoms with van der Waals surface area (Å²) in [4.78, 5) is 2.54. The van der Waals surface area contributed by atoms with Gasteiger partial charge in [-0.15, -0.1) is 0 Å². The van der Waals surface area contributed by atoms with Crippen LogP contribution in [-0.2, 0) is 19.5 Å². The Morgan fingerprint density at radius 3 is 2.65 bits per heavy atom. The van der Waals surface area contributed by atoms with Gasteiger partial charge in [0.05, 0.1) is 0 Å². The average Bonchev–Trinajstić information content (AvgIpc) is 2.62. The number of hydrogen-bond donors (Lipinski definition) is 1. The van der Waals surface area contributed by atoms with Gasteiger partial charge in [0.1, 0.15) is 0 Å². The topological polar surface area (TPSA) is 29.3 Å². The van der Waals surface area contributed by atoms with Gasteiger partial charge in [0, 0.05) is 18.8 Å². The lowest BCUT2D eigenvalue weighted by Gasteiger charge is -2.20. The molecule has 2 aromatic rings. The molecule has 0 aliphatic carbocycles. The quantitative estimate of drug-likeness (QED) is 0.843. The number of nitrogen functional groups attached to an aromatic ring is 1. The predicted octanol–water partition coefficient (Wildman–Crippen LogP) is 3.53. The Kier molecular flexibility index (Phi) is 3.75. The van der Waals surface area contributed by atoms with Crippen molar-refractivity contribution in [1.29, 1.82) is 0 Å². The third-order valence-corrected chi connectivity index (χ3v) is 4.06. The van der Waals surface area contributed by atoms with E-state index in [1.165, 1.54) is 35.1 Å². The molecule has 3 rings (SSSR count). The van der Waals surface area contributed by atoms with Crippen molar-refractivity contribution in [1.82, 2.24) is 4.90 Å². The van der Waals surface area contributed by atoms with Gasteiger partial charge in [0.15, 0.2) is 0 Å². The largest absolute Gasteiger partial charge is 0.399 e.